The average Bonchev–Trinajstić information content (AvgIpc) is 3.10. The van der Waals surface area contributed by atoms with Crippen molar-refractivity contribution in [2.75, 3.05) is 39.3 Å². The number of carboxylic acids is 1. The summed E-state index contributed by atoms with van der Waals surface area (Å²) in [4.78, 5) is 33.3. The molecule has 7 nitrogen and oxygen atoms in total. The lowest BCUT2D eigenvalue weighted by atomic mass is 9.76. The topological polar surface area (TPSA) is 85.8 Å². The molecule has 1 aromatic heterocycles. The van der Waals surface area contributed by atoms with Gasteiger partial charge in [-0.05, 0) is 59.6 Å². The first-order valence-corrected chi connectivity index (χ1v) is 17.3. The lowest BCUT2D eigenvalue weighted by Crippen LogP contribution is -2.59. The molecule has 1 amide bonds. The highest BCUT2D eigenvalue weighted by Gasteiger charge is 2.61. The van der Waals surface area contributed by atoms with Crippen LogP contribution in [0.3, 0.4) is 0 Å². The predicted octanol–water partition coefficient (Wildman–Crippen LogP) is 7.65. The monoisotopic (exact) mass is 750 g/mol. The number of nitrogens with zero attached hydrogens (tertiary/aromatic N) is 3. The first kappa shape index (κ1) is 38.4. The molecule has 2 saturated heterocycles. The van der Waals surface area contributed by atoms with Crippen molar-refractivity contribution in [3.05, 3.63) is 78.0 Å². The normalized spacial score (nSPS) is 18.9. The zero-order valence-electron chi connectivity index (χ0n) is 28.5. The molecule has 284 valence electrons. The van der Waals surface area contributed by atoms with Crippen LogP contribution < -0.4 is 5.32 Å². The highest BCUT2D eigenvalue weighted by Crippen LogP contribution is 2.47. The molecule has 0 saturated carbocycles. The fourth-order valence-corrected chi connectivity index (χ4v) is 7.51. The van der Waals surface area contributed by atoms with E-state index in [0.29, 0.717) is 53.6 Å². The molecular formula is C38H38F8N4O3. The van der Waals surface area contributed by atoms with Gasteiger partial charge in [-0.2, -0.15) is 26.3 Å². The van der Waals surface area contributed by atoms with E-state index >= 15 is 0 Å². The lowest BCUT2D eigenvalue weighted by Gasteiger charge is -2.42. The number of rotatable bonds is 10. The SMILES string of the molecule is O=C(O)[C@H](Cc1cccc2c(-c3ncc(CCN4CCC(F)(F)CC4)c4ccccc34)cccc12)NC(=O)C1(C(F)(F)F)CCN(CC(F)(F)F)CC1. The zero-order chi connectivity index (χ0) is 38.2. The summed E-state index contributed by atoms with van der Waals surface area (Å²) in [5, 5.41) is 15.2. The minimum Gasteiger partial charge on any atom is -0.480 e. The molecule has 3 aromatic carbocycles. The summed E-state index contributed by atoms with van der Waals surface area (Å²) >= 11 is 0. The van der Waals surface area contributed by atoms with Gasteiger partial charge in [0.25, 0.3) is 5.92 Å². The van der Waals surface area contributed by atoms with Gasteiger partial charge in [-0.15, -0.1) is 0 Å². The second kappa shape index (κ2) is 14.8. The number of amides is 1. The molecule has 4 aromatic rings. The van der Waals surface area contributed by atoms with Crippen LogP contribution in [-0.4, -0.2) is 95.4 Å². The number of hydrogen-bond donors (Lipinski definition) is 2. The number of benzene rings is 3. The van der Waals surface area contributed by atoms with Crippen molar-refractivity contribution < 1.29 is 49.8 Å². The molecule has 6 rings (SSSR count). The van der Waals surface area contributed by atoms with Crippen molar-refractivity contribution in [3.8, 4) is 11.3 Å². The third kappa shape index (κ3) is 8.40. The fourth-order valence-electron chi connectivity index (χ4n) is 7.51. The number of alkyl halides is 8. The van der Waals surface area contributed by atoms with Crippen molar-refractivity contribution in [1.82, 2.24) is 20.1 Å². The predicted molar refractivity (Wildman–Crippen MR) is 182 cm³/mol. The summed E-state index contributed by atoms with van der Waals surface area (Å²) in [5.74, 6) is -5.79. The maximum absolute atomic E-state index is 14.4. The Balaban J connectivity index is 1.25. The molecular weight excluding hydrogens is 712 g/mol. The van der Waals surface area contributed by atoms with Crippen LogP contribution in [-0.2, 0) is 22.4 Å². The molecule has 1 atom stereocenters. The van der Waals surface area contributed by atoms with Crippen molar-refractivity contribution in [1.29, 1.82) is 0 Å². The number of carbonyl (C=O) groups excluding carboxylic acids is 1. The minimum atomic E-state index is -5.13. The Morgan fingerprint density at radius 2 is 1.36 bits per heavy atom. The summed E-state index contributed by atoms with van der Waals surface area (Å²) < 4.78 is 109. The number of piperidine rings is 2. The highest BCUT2D eigenvalue weighted by molar-refractivity contribution is 6.05. The van der Waals surface area contributed by atoms with Gasteiger partial charge in [0.2, 0.25) is 5.91 Å². The van der Waals surface area contributed by atoms with Crippen LogP contribution in [0.4, 0.5) is 35.1 Å². The van der Waals surface area contributed by atoms with Crippen molar-refractivity contribution in [2.24, 2.45) is 5.41 Å². The van der Waals surface area contributed by atoms with E-state index < -0.39 is 74.1 Å². The summed E-state index contributed by atoms with van der Waals surface area (Å²) in [5.41, 5.74) is -0.313. The van der Waals surface area contributed by atoms with Gasteiger partial charge < -0.3 is 15.3 Å². The summed E-state index contributed by atoms with van der Waals surface area (Å²) in [6, 6.07) is 16.3. The number of carboxylic acid groups (broad SMARTS) is 1. The highest BCUT2D eigenvalue weighted by atomic mass is 19.4. The van der Waals surface area contributed by atoms with E-state index in [-0.39, 0.29) is 19.3 Å². The van der Waals surface area contributed by atoms with Gasteiger partial charge in [-0.3, -0.25) is 14.7 Å². The Kier molecular flexibility index (Phi) is 10.7. The molecule has 0 unspecified atom stereocenters. The number of pyridine rings is 1. The Hall–Kier alpha value is -4.37. The third-order valence-corrected chi connectivity index (χ3v) is 10.5. The van der Waals surface area contributed by atoms with Gasteiger partial charge in [0.1, 0.15) is 11.5 Å². The lowest BCUT2D eigenvalue weighted by molar-refractivity contribution is -0.236. The van der Waals surface area contributed by atoms with Crippen LogP contribution >= 0.6 is 0 Å². The number of aliphatic carboxylic acids is 1. The number of aromatic nitrogens is 1. The van der Waals surface area contributed by atoms with Gasteiger partial charge >= 0.3 is 18.3 Å². The quantitative estimate of drug-likeness (QED) is 0.162. The first-order chi connectivity index (χ1) is 25.0. The Morgan fingerprint density at radius 1 is 0.774 bits per heavy atom. The summed E-state index contributed by atoms with van der Waals surface area (Å²) in [6.45, 7) is -1.47. The van der Waals surface area contributed by atoms with E-state index in [2.05, 4.69) is 5.32 Å². The smallest absolute Gasteiger partial charge is 0.403 e. The molecule has 2 fully saturated rings. The second-order valence-electron chi connectivity index (χ2n) is 14.0. The summed E-state index contributed by atoms with van der Waals surface area (Å²) in [6.07, 6.45) is -10.00. The Bertz CT molecular complexity index is 1960. The fraction of sp³-hybridized carbons (Fsp3) is 0.447. The molecule has 3 heterocycles. The van der Waals surface area contributed by atoms with E-state index in [9.17, 15) is 49.8 Å². The molecule has 2 aliphatic heterocycles. The van der Waals surface area contributed by atoms with Crippen molar-refractivity contribution >= 4 is 33.4 Å². The van der Waals surface area contributed by atoms with Gasteiger partial charge in [0, 0.05) is 56.0 Å². The standard InChI is InChI=1S/C38H38F8N4O3/c39-36(40)14-19-49(20-15-36)16-11-25-22-47-32(29-7-2-1-6-27(25)29)30-10-4-8-26-24(5-3-9-28(26)30)21-31(33(51)52)48-34(53)35(38(44,45)46)12-17-50(18-13-35)23-37(41,42)43/h1-10,22,31H,11-21,23H2,(H,48,53)(H,51,52)/t31-/m0/s1. The van der Waals surface area contributed by atoms with Crippen LogP contribution in [0.25, 0.3) is 32.8 Å². The van der Waals surface area contributed by atoms with E-state index in [1.54, 1.807) is 30.5 Å². The van der Waals surface area contributed by atoms with Crippen LogP contribution in [0.1, 0.15) is 36.8 Å². The summed E-state index contributed by atoms with van der Waals surface area (Å²) in [7, 11) is 0. The first-order valence-electron chi connectivity index (χ1n) is 17.3. The molecule has 15 heteroatoms. The zero-order valence-corrected chi connectivity index (χ0v) is 28.5. The van der Waals surface area contributed by atoms with Gasteiger partial charge in [-0.1, -0.05) is 60.7 Å². The van der Waals surface area contributed by atoms with Crippen molar-refractivity contribution in [2.45, 2.75) is 62.8 Å². The van der Waals surface area contributed by atoms with E-state index in [0.717, 1.165) is 21.2 Å². The number of carbonyl (C=O) groups is 2. The molecule has 53 heavy (non-hydrogen) atoms. The van der Waals surface area contributed by atoms with Crippen molar-refractivity contribution in [3.63, 3.8) is 0 Å². The molecule has 0 spiro atoms. The van der Waals surface area contributed by atoms with Gasteiger partial charge in [0.15, 0.2) is 0 Å². The van der Waals surface area contributed by atoms with Crippen LogP contribution in [0.15, 0.2) is 66.9 Å². The largest absolute Gasteiger partial charge is 0.480 e. The molecule has 0 aliphatic carbocycles. The Morgan fingerprint density at radius 3 is 2.00 bits per heavy atom. The minimum absolute atomic E-state index is 0.171. The number of halogens is 8. The Labute approximate surface area is 300 Å². The molecule has 0 radical (unpaired) electrons. The van der Waals surface area contributed by atoms with E-state index in [4.69, 9.17) is 4.98 Å². The molecule has 2 N–H and O–H groups in total. The maximum Gasteiger partial charge on any atom is 0.403 e. The maximum atomic E-state index is 14.4. The van der Waals surface area contributed by atoms with Crippen LogP contribution in [0, 0.1) is 5.41 Å². The van der Waals surface area contributed by atoms with Crippen LogP contribution in [0.5, 0.6) is 0 Å². The molecule has 2 aliphatic rings. The van der Waals surface area contributed by atoms with E-state index in [1.807, 2.05) is 41.3 Å². The van der Waals surface area contributed by atoms with E-state index in [1.165, 1.54) is 0 Å². The number of fused-ring (bicyclic) bond motifs is 2. The number of nitrogens with one attached hydrogen (secondary N) is 1. The third-order valence-electron chi connectivity index (χ3n) is 10.5. The van der Waals surface area contributed by atoms with Crippen LogP contribution in [0.2, 0.25) is 0 Å². The van der Waals surface area contributed by atoms with Gasteiger partial charge in [0.05, 0.1) is 12.2 Å². The average molecular weight is 751 g/mol. The number of likely N-dealkylation sites (tertiary alicyclic amines) is 2. The number of hydrogen-bond acceptors (Lipinski definition) is 5. The van der Waals surface area contributed by atoms with Gasteiger partial charge in [-0.25, -0.2) is 13.6 Å². The second-order valence-corrected chi connectivity index (χ2v) is 14.0. The molecule has 0 bridgehead atoms.